The van der Waals surface area contributed by atoms with E-state index in [0.717, 1.165) is 18.8 Å². The number of nitrogens with one attached hydrogen (secondary N) is 1. The van der Waals surface area contributed by atoms with Gasteiger partial charge < -0.3 is 15.0 Å². The zero-order valence-electron chi connectivity index (χ0n) is 10.7. The van der Waals surface area contributed by atoms with Gasteiger partial charge in [-0.2, -0.15) is 0 Å². The van der Waals surface area contributed by atoms with Crippen LogP contribution in [0, 0.1) is 0 Å². The van der Waals surface area contributed by atoms with E-state index in [1.165, 1.54) is 0 Å². The molecule has 0 bridgehead atoms. The largest absolute Gasteiger partial charge is 0.494 e. The van der Waals surface area contributed by atoms with Crippen molar-refractivity contribution in [3.05, 3.63) is 29.8 Å². The summed E-state index contributed by atoms with van der Waals surface area (Å²) >= 11 is 0. The number of rotatable bonds is 4. The molecule has 1 amide bonds. The Labute approximate surface area is 114 Å². The molecule has 0 aliphatic carbocycles. The highest BCUT2D eigenvalue weighted by molar-refractivity contribution is 5.94. The molecule has 0 unspecified atom stereocenters. The molecule has 2 rings (SSSR count). The molecule has 1 aromatic rings. The number of halogens is 1. The topological polar surface area (TPSA) is 41.6 Å². The molecule has 0 atom stereocenters. The lowest BCUT2D eigenvalue weighted by molar-refractivity contribution is 0.0681. The number of likely N-dealkylation sites (N-methyl/N-ethyl adjacent to an activating group) is 1. The predicted molar refractivity (Wildman–Crippen MR) is 73.6 cm³/mol. The van der Waals surface area contributed by atoms with Crippen molar-refractivity contribution in [2.24, 2.45) is 0 Å². The highest BCUT2D eigenvalue weighted by Gasteiger charge is 2.25. The maximum atomic E-state index is 12.1. The Morgan fingerprint density at radius 2 is 2.00 bits per heavy atom. The molecule has 0 saturated carbocycles. The summed E-state index contributed by atoms with van der Waals surface area (Å²) in [5.74, 6) is 0.872. The molecule has 0 spiro atoms. The number of benzene rings is 1. The van der Waals surface area contributed by atoms with Crippen molar-refractivity contribution in [1.82, 2.24) is 10.2 Å². The SMILES string of the molecule is CCOc1ccc(C(=O)N(C)C2CNC2)cc1.Cl. The van der Waals surface area contributed by atoms with Crippen LogP contribution < -0.4 is 10.1 Å². The van der Waals surface area contributed by atoms with E-state index in [2.05, 4.69) is 5.32 Å². The predicted octanol–water partition coefficient (Wildman–Crippen LogP) is 1.55. The van der Waals surface area contributed by atoms with E-state index < -0.39 is 0 Å². The summed E-state index contributed by atoms with van der Waals surface area (Å²) in [6, 6.07) is 7.63. The number of hydrogen-bond donors (Lipinski definition) is 1. The molecule has 0 radical (unpaired) electrons. The Morgan fingerprint density at radius 1 is 1.39 bits per heavy atom. The van der Waals surface area contributed by atoms with E-state index in [0.29, 0.717) is 18.2 Å². The van der Waals surface area contributed by atoms with Gasteiger partial charge in [0.2, 0.25) is 0 Å². The van der Waals surface area contributed by atoms with Crippen LogP contribution in [0.5, 0.6) is 5.75 Å². The van der Waals surface area contributed by atoms with Crippen LogP contribution >= 0.6 is 12.4 Å². The molecule has 1 aliphatic heterocycles. The summed E-state index contributed by atoms with van der Waals surface area (Å²) < 4.78 is 5.35. The monoisotopic (exact) mass is 270 g/mol. The van der Waals surface area contributed by atoms with Crippen molar-refractivity contribution in [2.75, 3.05) is 26.7 Å². The maximum Gasteiger partial charge on any atom is 0.253 e. The lowest BCUT2D eigenvalue weighted by Crippen LogP contribution is -2.57. The molecule has 1 aromatic carbocycles. The van der Waals surface area contributed by atoms with Gasteiger partial charge in [-0.05, 0) is 31.2 Å². The average Bonchev–Trinajstić information content (AvgIpc) is 2.27. The highest BCUT2D eigenvalue weighted by atomic mass is 35.5. The Bertz CT molecular complexity index is 390. The van der Waals surface area contributed by atoms with Crippen molar-refractivity contribution in [2.45, 2.75) is 13.0 Å². The van der Waals surface area contributed by atoms with Gasteiger partial charge in [0, 0.05) is 25.7 Å². The van der Waals surface area contributed by atoms with Crippen molar-refractivity contribution >= 4 is 18.3 Å². The van der Waals surface area contributed by atoms with Gasteiger partial charge in [-0.1, -0.05) is 0 Å². The minimum Gasteiger partial charge on any atom is -0.494 e. The number of carbonyl (C=O) groups is 1. The third-order valence-corrected chi connectivity index (χ3v) is 3.04. The Balaban J connectivity index is 0.00000162. The first-order valence-corrected chi connectivity index (χ1v) is 5.93. The lowest BCUT2D eigenvalue weighted by Gasteiger charge is -2.35. The van der Waals surface area contributed by atoms with Crippen LogP contribution in [-0.4, -0.2) is 43.6 Å². The summed E-state index contributed by atoms with van der Waals surface area (Å²) in [6.45, 7) is 4.36. The number of carbonyl (C=O) groups excluding carboxylic acids is 1. The van der Waals surface area contributed by atoms with Gasteiger partial charge in [0.05, 0.1) is 12.6 Å². The second-order valence-electron chi connectivity index (χ2n) is 4.19. The molecule has 1 heterocycles. The molecular formula is C13H19ClN2O2. The smallest absolute Gasteiger partial charge is 0.253 e. The first kappa shape index (κ1) is 14.8. The second kappa shape index (κ2) is 6.61. The zero-order valence-corrected chi connectivity index (χ0v) is 11.5. The fourth-order valence-electron chi connectivity index (χ4n) is 1.78. The van der Waals surface area contributed by atoms with E-state index in [9.17, 15) is 4.79 Å². The van der Waals surface area contributed by atoms with Gasteiger partial charge in [-0.3, -0.25) is 4.79 Å². The number of nitrogens with zero attached hydrogens (tertiary/aromatic N) is 1. The second-order valence-corrected chi connectivity index (χ2v) is 4.19. The molecule has 1 aliphatic rings. The third kappa shape index (κ3) is 3.15. The number of hydrogen-bond acceptors (Lipinski definition) is 3. The minimum atomic E-state index is 0. The zero-order chi connectivity index (χ0) is 12.3. The molecule has 1 saturated heterocycles. The lowest BCUT2D eigenvalue weighted by atomic mass is 10.1. The van der Waals surface area contributed by atoms with E-state index in [4.69, 9.17) is 4.74 Å². The van der Waals surface area contributed by atoms with E-state index in [-0.39, 0.29) is 18.3 Å². The molecular weight excluding hydrogens is 252 g/mol. The van der Waals surface area contributed by atoms with Crippen LogP contribution in [0.15, 0.2) is 24.3 Å². The van der Waals surface area contributed by atoms with Gasteiger partial charge in [-0.25, -0.2) is 0 Å². The van der Waals surface area contributed by atoms with Crippen molar-refractivity contribution < 1.29 is 9.53 Å². The first-order valence-electron chi connectivity index (χ1n) is 5.93. The summed E-state index contributed by atoms with van der Waals surface area (Å²) in [7, 11) is 1.85. The van der Waals surface area contributed by atoms with Crippen LogP contribution in [0.4, 0.5) is 0 Å². The Hall–Kier alpha value is -1.26. The number of ether oxygens (including phenoxy) is 1. The normalized spacial score (nSPS) is 14.3. The first-order chi connectivity index (χ1) is 8.22. The summed E-state index contributed by atoms with van der Waals surface area (Å²) in [4.78, 5) is 13.9. The van der Waals surface area contributed by atoms with E-state index in [1.54, 1.807) is 4.90 Å². The van der Waals surface area contributed by atoms with E-state index in [1.807, 2.05) is 38.2 Å². The third-order valence-electron chi connectivity index (χ3n) is 3.04. The molecule has 0 aromatic heterocycles. The molecule has 1 N–H and O–H groups in total. The fourth-order valence-corrected chi connectivity index (χ4v) is 1.78. The van der Waals surface area contributed by atoms with Gasteiger partial charge in [0.15, 0.2) is 0 Å². The number of amides is 1. The molecule has 18 heavy (non-hydrogen) atoms. The van der Waals surface area contributed by atoms with Crippen LogP contribution in [0.3, 0.4) is 0 Å². The molecule has 1 fully saturated rings. The van der Waals surface area contributed by atoms with Crippen molar-refractivity contribution in [3.63, 3.8) is 0 Å². The van der Waals surface area contributed by atoms with Gasteiger partial charge in [0.1, 0.15) is 5.75 Å². The standard InChI is InChI=1S/C13H18N2O2.ClH/c1-3-17-12-6-4-10(5-7-12)13(16)15(2)11-8-14-9-11;/h4-7,11,14H,3,8-9H2,1-2H3;1H. The van der Waals surface area contributed by atoms with Crippen molar-refractivity contribution in [1.29, 1.82) is 0 Å². The highest BCUT2D eigenvalue weighted by Crippen LogP contribution is 2.15. The van der Waals surface area contributed by atoms with Crippen LogP contribution in [0.2, 0.25) is 0 Å². The molecule has 100 valence electrons. The Kier molecular flexibility index (Phi) is 5.44. The van der Waals surface area contributed by atoms with Gasteiger partial charge in [-0.15, -0.1) is 12.4 Å². The van der Waals surface area contributed by atoms with Crippen LogP contribution in [0.1, 0.15) is 17.3 Å². The van der Waals surface area contributed by atoms with E-state index >= 15 is 0 Å². The van der Waals surface area contributed by atoms with Crippen molar-refractivity contribution in [3.8, 4) is 5.75 Å². The van der Waals surface area contributed by atoms with Crippen LogP contribution in [0.25, 0.3) is 0 Å². The summed E-state index contributed by atoms with van der Waals surface area (Å²) in [6.07, 6.45) is 0. The summed E-state index contributed by atoms with van der Waals surface area (Å²) in [5, 5.41) is 3.16. The Morgan fingerprint density at radius 3 is 2.44 bits per heavy atom. The summed E-state index contributed by atoms with van der Waals surface area (Å²) in [5.41, 5.74) is 0.711. The quantitative estimate of drug-likeness (QED) is 0.903. The minimum absolute atomic E-state index is 0. The molecule has 4 nitrogen and oxygen atoms in total. The van der Waals surface area contributed by atoms with Gasteiger partial charge in [0.25, 0.3) is 5.91 Å². The van der Waals surface area contributed by atoms with Gasteiger partial charge >= 0.3 is 0 Å². The average molecular weight is 271 g/mol. The maximum absolute atomic E-state index is 12.1. The molecule has 5 heteroatoms. The van der Waals surface area contributed by atoms with Crippen LogP contribution in [-0.2, 0) is 0 Å². The fraction of sp³-hybridized carbons (Fsp3) is 0.462.